The number of aromatic amines is 1. The van der Waals surface area contributed by atoms with E-state index in [1.54, 1.807) is 24.3 Å². The number of nitrogens with one attached hydrogen (secondary N) is 1. The molecule has 0 atom stereocenters. The van der Waals surface area contributed by atoms with Gasteiger partial charge in [0.1, 0.15) is 6.61 Å². The van der Waals surface area contributed by atoms with Crippen molar-refractivity contribution in [3.8, 4) is 5.88 Å². The number of rotatable bonds is 4. The summed E-state index contributed by atoms with van der Waals surface area (Å²) < 4.78 is 5.19. The molecule has 0 spiro atoms. The molecule has 19 heavy (non-hydrogen) atoms. The number of hydrogen-bond acceptors (Lipinski definition) is 5. The second kappa shape index (κ2) is 5.49. The van der Waals surface area contributed by atoms with E-state index in [9.17, 15) is 14.9 Å². The molecular weight excluding hydrogens is 274 g/mol. The first-order valence-electron chi connectivity index (χ1n) is 5.18. The number of H-pyrrole nitrogens is 1. The molecule has 0 saturated carbocycles. The van der Waals surface area contributed by atoms with E-state index in [1.165, 1.54) is 0 Å². The molecule has 1 heterocycles. The number of nitro groups is 1. The van der Waals surface area contributed by atoms with Gasteiger partial charge in [0.2, 0.25) is 0 Å². The molecule has 1 aromatic carbocycles. The predicted octanol–water partition coefficient (Wildman–Crippen LogP) is 1.91. The average molecular weight is 282 g/mol. The Balaban J connectivity index is 2.26. The van der Waals surface area contributed by atoms with Gasteiger partial charge in [0.15, 0.2) is 0 Å². The van der Waals surface area contributed by atoms with Crippen LogP contribution in [0.1, 0.15) is 5.56 Å². The van der Waals surface area contributed by atoms with Gasteiger partial charge in [0.05, 0.1) is 11.3 Å². The standard InChI is InChI=1S/C11H8ClN3O4/c12-8-4-2-1-3-7(8)5-19-11-9(15(17)18)10(16)13-6-14-11/h1-4,6H,5H2,(H,13,14,16). The van der Waals surface area contributed by atoms with Crippen LogP contribution in [0.15, 0.2) is 35.4 Å². The fourth-order valence-electron chi connectivity index (χ4n) is 1.40. The Bertz CT molecular complexity index is 671. The van der Waals surface area contributed by atoms with E-state index in [0.29, 0.717) is 10.6 Å². The van der Waals surface area contributed by atoms with Gasteiger partial charge in [-0.1, -0.05) is 29.8 Å². The summed E-state index contributed by atoms with van der Waals surface area (Å²) in [5.41, 5.74) is -0.954. The van der Waals surface area contributed by atoms with Crippen LogP contribution in [0.3, 0.4) is 0 Å². The molecule has 0 unspecified atom stereocenters. The van der Waals surface area contributed by atoms with Crippen LogP contribution in [0.2, 0.25) is 5.02 Å². The Hall–Kier alpha value is -2.41. The van der Waals surface area contributed by atoms with Crippen LogP contribution in [-0.4, -0.2) is 14.9 Å². The van der Waals surface area contributed by atoms with E-state index in [4.69, 9.17) is 16.3 Å². The lowest BCUT2D eigenvalue weighted by atomic mass is 10.2. The van der Waals surface area contributed by atoms with Gasteiger partial charge in [-0.3, -0.25) is 14.9 Å². The van der Waals surface area contributed by atoms with Crippen LogP contribution < -0.4 is 10.3 Å². The molecule has 8 heteroatoms. The Labute approximate surface area is 112 Å². The van der Waals surface area contributed by atoms with E-state index < -0.39 is 16.2 Å². The van der Waals surface area contributed by atoms with Crippen molar-refractivity contribution in [1.29, 1.82) is 0 Å². The van der Waals surface area contributed by atoms with Crippen LogP contribution in [0.4, 0.5) is 5.69 Å². The lowest BCUT2D eigenvalue weighted by Gasteiger charge is -2.06. The van der Waals surface area contributed by atoms with Crippen molar-refractivity contribution in [2.45, 2.75) is 6.61 Å². The number of halogens is 1. The van der Waals surface area contributed by atoms with Crippen molar-refractivity contribution < 1.29 is 9.66 Å². The third-order valence-electron chi connectivity index (χ3n) is 2.30. The molecule has 0 amide bonds. The zero-order valence-corrected chi connectivity index (χ0v) is 10.3. The largest absolute Gasteiger partial charge is 0.468 e. The molecule has 0 aliphatic heterocycles. The van der Waals surface area contributed by atoms with Crippen LogP contribution in [0, 0.1) is 10.1 Å². The van der Waals surface area contributed by atoms with Gasteiger partial charge in [-0.05, 0) is 6.07 Å². The minimum Gasteiger partial charge on any atom is -0.468 e. The van der Waals surface area contributed by atoms with Crippen LogP contribution in [0.25, 0.3) is 0 Å². The summed E-state index contributed by atoms with van der Waals surface area (Å²) in [6.45, 7) is -0.0169. The second-order valence-electron chi connectivity index (χ2n) is 3.52. The molecule has 7 nitrogen and oxygen atoms in total. The number of aromatic nitrogens is 2. The van der Waals surface area contributed by atoms with Crippen molar-refractivity contribution in [3.05, 3.63) is 61.6 Å². The number of ether oxygens (including phenoxy) is 1. The van der Waals surface area contributed by atoms with Crippen LogP contribution >= 0.6 is 11.6 Å². The van der Waals surface area contributed by atoms with E-state index in [0.717, 1.165) is 6.33 Å². The van der Waals surface area contributed by atoms with E-state index in [2.05, 4.69) is 9.97 Å². The van der Waals surface area contributed by atoms with Gasteiger partial charge < -0.3 is 9.72 Å². The van der Waals surface area contributed by atoms with Crippen molar-refractivity contribution in [2.75, 3.05) is 0 Å². The Morgan fingerprint density at radius 2 is 2.16 bits per heavy atom. The maximum Gasteiger partial charge on any atom is 0.395 e. The molecule has 98 valence electrons. The second-order valence-corrected chi connectivity index (χ2v) is 3.93. The minimum absolute atomic E-state index is 0.0169. The molecule has 2 aromatic rings. The van der Waals surface area contributed by atoms with Gasteiger partial charge >= 0.3 is 17.1 Å². The summed E-state index contributed by atoms with van der Waals surface area (Å²) in [4.78, 5) is 27.0. The summed E-state index contributed by atoms with van der Waals surface area (Å²) in [6.07, 6.45) is 1.04. The van der Waals surface area contributed by atoms with E-state index in [-0.39, 0.29) is 12.5 Å². The molecule has 2 rings (SSSR count). The normalized spacial score (nSPS) is 10.2. The molecule has 0 saturated heterocycles. The van der Waals surface area contributed by atoms with Crippen molar-refractivity contribution in [1.82, 2.24) is 9.97 Å². The SMILES string of the molecule is O=c1[nH]cnc(OCc2ccccc2Cl)c1[N+](=O)[O-]. The fraction of sp³-hybridized carbons (Fsp3) is 0.0909. The summed E-state index contributed by atoms with van der Waals surface area (Å²) in [7, 11) is 0. The maximum atomic E-state index is 11.3. The molecule has 1 N–H and O–H groups in total. The van der Waals surface area contributed by atoms with E-state index in [1.807, 2.05) is 0 Å². The van der Waals surface area contributed by atoms with Crippen molar-refractivity contribution in [2.24, 2.45) is 0 Å². The van der Waals surface area contributed by atoms with Gasteiger partial charge in [-0.25, -0.2) is 0 Å². The van der Waals surface area contributed by atoms with Gasteiger partial charge in [-0.2, -0.15) is 4.98 Å². The topological polar surface area (TPSA) is 98.1 Å². The first-order chi connectivity index (χ1) is 9.09. The molecule has 0 fully saturated rings. The number of benzene rings is 1. The van der Waals surface area contributed by atoms with Crippen molar-refractivity contribution >= 4 is 17.3 Å². The molecule has 0 radical (unpaired) electrons. The maximum absolute atomic E-state index is 11.3. The first-order valence-corrected chi connectivity index (χ1v) is 5.55. The summed E-state index contributed by atoms with van der Waals surface area (Å²) in [5.74, 6) is -0.339. The molecular formula is C11H8ClN3O4. The minimum atomic E-state index is -0.867. The highest BCUT2D eigenvalue weighted by atomic mass is 35.5. The smallest absolute Gasteiger partial charge is 0.395 e. The van der Waals surface area contributed by atoms with Gasteiger partial charge in [-0.15, -0.1) is 0 Å². The Kier molecular flexibility index (Phi) is 3.76. The number of hydrogen-bond donors (Lipinski definition) is 1. The highest BCUT2D eigenvalue weighted by Crippen LogP contribution is 2.21. The molecule has 0 aliphatic rings. The van der Waals surface area contributed by atoms with Crippen LogP contribution in [-0.2, 0) is 6.61 Å². The zero-order valence-electron chi connectivity index (χ0n) is 9.50. The fourth-order valence-corrected chi connectivity index (χ4v) is 1.59. The third kappa shape index (κ3) is 2.89. The highest BCUT2D eigenvalue weighted by Gasteiger charge is 2.22. The van der Waals surface area contributed by atoms with E-state index >= 15 is 0 Å². The predicted molar refractivity (Wildman–Crippen MR) is 67.3 cm³/mol. The summed E-state index contributed by atoms with van der Waals surface area (Å²) in [6, 6.07) is 6.88. The Morgan fingerprint density at radius 1 is 1.42 bits per heavy atom. The average Bonchev–Trinajstić information content (AvgIpc) is 2.37. The highest BCUT2D eigenvalue weighted by molar-refractivity contribution is 6.31. The third-order valence-corrected chi connectivity index (χ3v) is 2.67. The molecule has 0 aliphatic carbocycles. The molecule has 1 aromatic heterocycles. The van der Waals surface area contributed by atoms with Crippen LogP contribution in [0.5, 0.6) is 5.88 Å². The van der Waals surface area contributed by atoms with Crippen molar-refractivity contribution in [3.63, 3.8) is 0 Å². The molecule has 0 bridgehead atoms. The zero-order chi connectivity index (χ0) is 13.8. The first kappa shape index (κ1) is 13.0. The van der Waals surface area contributed by atoms with Gasteiger partial charge in [0.25, 0.3) is 0 Å². The monoisotopic (exact) mass is 281 g/mol. The Morgan fingerprint density at radius 3 is 2.84 bits per heavy atom. The van der Waals surface area contributed by atoms with Gasteiger partial charge in [0, 0.05) is 10.6 Å². The summed E-state index contributed by atoms with van der Waals surface area (Å²) >= 11 is 5.92. The number of nitrogens with zero attached hydrogens (tertiary/aromatic N) is 2. The lowest BCUT2D eigenvalue weighted by Crippen LogP contribution is -2.14. The summed E-state index contributed by atoms with van der Waals surface area (Å²) in [5, 5.41) is 11.2. The lowest BCUT2D eigenvalue weighted by molar-refractivity contribution is -0.387. The quantitative estimate of drug-likeness (QED) is 0.682.